The number of aromatic nitrogens is 2. The average Bonchev–Trinajstić information content (AvgIpc) is 2.91. The van der Waals surface area contributed by atoms with Gasteiger partial charge in [0.1, 0.15) is 11.5 Å². The van der Waals surface area contributed by atoms with Gasteiger partial charge in [-0.25, -0.2) is 8.42 Å². The SMILES string of the molecule is Cc1nn(C)c(C)c1S(=O)(=O)N1CCCN(C(=O)C2COc3ccccc3O2)CC1. The summed E-state index contributed by atoms with van der Waals surface area (Å²) in [6.45, 7) is 4.94. The molecule has 1 fully saturated rings. The number of benzene rings is 1. The Bertz CT molecular complexity index is 1070. The lowest BCUT2D eigenvalue weighted by molar-refractivity contribution is -0.141. The third-order valence-electron chi connectivity index (χ3n) is 5.59. The van der Waals surface area contributed by atoms with Crippen molar-refractivity contribution in [2.45, 2.75) is 31.3 Å². The van der Waals surface area contributed by atoms with Crippen molar-refractivity contribution in [3.05, 3.63) is 35.7 Å². The first kappa shape index (κ1) is 20.7. The molecule has 1 atom stereocenters. The second-order valence-corrected chi connectivity index (χ2v) is 9.45. The van der Waals surface area contributed by atoms with Crippen LogP contribution < -0.4 is 9.47 Å². The number of nitrogens with zero attached hydrogens (tertiary/aromatic N) is 4. The average molecular weight is 435 g/mol. The largest absolute Gasteiger partial charge is 0.485 e. The van der Waals surface area contributed by atoms with Crippen LogP contribution in [0.15, 0.2) is 29.2 Å². The molecular formula is C20H26N4O5S. The van der Waals surface area contributed by atoms with Crippen LogP contribution in [0, 0.1) is 13.8 Å². The summed E-state index contributed by atoms with van der Waals surface area (Å²) >= 11 is 0. The molecule has 30 heavy (non-hydrogen) atoms. The van der Waals surface area contributed by atoms with Crippen LogP contribution in [0.5, 0.6) is 11.5 Å². The van der Waals surface area contributed by atoms with Crippen LogP contribution >= 0.6 is 0 Å². The Morgan fingerprint density at radius 3 is 2.53 bits per heavy atom. The normalized spacial score (nSPS) is 20.1. The molecule has 1 aromatic carbocycles. The molecule has 0 radical (unpaired) electrons. The molecule has 162 valence electrons. The summed E-state index contributed by atoms with van der Waals surface area (Å²) in [5.41, 5.74) is 1.09. The van der Waals surface area contributed by atoms with Crippen LogP contribution in [0.2, 0.25) is 0 Å². The molecule has 0 N–H and O–H groups in total. The van der Waals surface area contributed by atoms with E-state index in [1.54, 1.807) is 42.6 Å². The van der Waals surface area contributed by atoms with Crippen molar-refractivity contribution < 1.29 is 22.7 Å². The molecule has 0 aliphatic carbocycles. The summed E-state index contributed by atoms with van der Waals surface area (Å²) < 4.78 is 41.0. The van der Waals surface area contributed by atoms with E-state index >= 15 is 0 Å². The fourth-order valence-corrected chi connectivity index (χ4v) is 5.83. The van der Waals surface area contributed by atoms with Gasteiger partial charge in [-0.3, -0.25) is 9.48 Å². The van der Waals surface area contributed by atoms with Crippen LogP contribution in [0.3, 0.4) is 0 Å². The summed E-state index contributed by atoms with van der Waals surface area (Å²) in [7, 11) is -1.95. The van der Waals surface area contributed by atoms with Gasteiger partial charge in [-0.2, -0.15) is 9.40 Å². The Labute approximate surface area is 176 Å². The third-order valence-corrected chi connectivity index (χ3v) is 7.74. The number of carbonyl (C=O) groups is 1. The molecule has 0 saturated carbocycles. The lowest BCUT2D eigenvalue weighted by Crippen LogP contribution is -2.47. The minimum Gasteiger partial charge on any atom is -0.485 e. The van der Waals surface area contributed by atoms with E-state index in [2.05, 4.69) is 5.10 Å². The zero-order chi connectivity index (χ0) is 21.5. The van der Waals surface area contributed by atoms with Gasteiger partial charge in [-0.15, -0.1) is 0 Å². The highest BCUT2D eigenvalue weighted by atomic mass is 32.2. The summed E-state index contributed by atoms with van der Waals surface area (Å²) in [6.07, 6.45) is -0.182. The van der Waals surface area contributed by atoms with Crippen LogP contribution in [0.4, 0.5) is 0 Å². The zero-order valence-electron chi connectivity index (χ0n) is 17.4. The van der Waals surface area contributed by atoms with E-state index in [1.165, 1.54) is 4.31 Å². The highest BCUT2D eigenvalue weighted by molar-refractivity contribution is 7.89. The maximum atomic E-state index is 13.2. The molecular weight excluding hydrogens is 408 g/mol. The number of fused-ring (bicyclic) bond motifs is 1. The van der Waals surface area contributed by atoms with E-state index in [0.717, 1.165) is 0 Å². The number of carbonyl (C=O) groups excluding carboxylic acids is 1. The van der Waals surface area contributed by atoms with E-state index in [4.69, 9.17) is 9.47 Å². The Balaban J connectivity index is 1.46. The van der Waals surface area contributed by atoms with Crippen molar-refractivity contribution >= 4 is 15.9 Å². The first-order valence-corrected chi connectivity index (χ1v) is 11.4. The van der Waals surface area contributed by atoms with Crippen LogP contribution in [0.1, 0.15) is 17.8 Å². The number of rotatable bonds is 3. The zero-order valence-corrected chi connectivity index (χ0v) is 18.2. The summed E-state index contributed by atoms with van der Waals surface area (Å²) in [4.78, 5) is 14.9. The standard InChI is InChI=1S/C20H26N4O5S/c1-14-19(15(2)22(3)21-14)30(26,27)24-10-6-9-23(11-12-24)20(25)18-13-28-16-7-4-5-8-17(16)29-18/h4-5,7-8,18H,6,9-13H2,1-3H3. The van der Waals surface area contributed by atoms with Gasteiger partial charge in [0.05, 0.1) is 11.4 Å². The van der Waals surface area contributed by atoms with E-state index in [0.29, 0.717) is 48.9 Å². The number of aryl methyl sites for hydroxylation is 2. The first-order valence-electron chi connectivity index (χ1n) is 9.96. The van der Waals surface area contributed by atoms with Crippen LogP contribution in [-0.2, 0) is 21.9 Å². The predicted molar refractivity (Wildman–Crippen MR) is 109 cm³/mol. The van der Waals surface area contributed by atoms with Crippen molar-refractivity contribution in [2.75, 3.05) is 32.8 Å². The van der Waals surface area contributed by atoms with Gasteiger partial charge in [-0.1, -0.05) is 12.1 Å². The van der Waals surface area contributed by atoms with Gasteiger partial charge < -0.3 is 14.4 Å². The molecule has 1 unspecified atom stereocenters. The van der Waals surface area contributed by atoms with Gasteiger partial charge >= 0.3 is 0 Å². The summed E-state index contributed by atoms with van der Waals surface area (Å²) in [5, 5.41) is 4.23. The lowest BCUT2D eigenvalue weighted by atomic mass is 10.2. The smallest absolute Gasteiger partial charge is 0.267 e. The van der Waals surface area contributed by atoms with Crippen molar-refractivity contribution in [2.24, 2.45) is 7.05 Å². The minimum absolute atomic E-state index is 0.141. The quantitative estimate of drug-likeness (QED) is 0.718. The van der Waals surface area contributed by atoms with E-state index in [1.807, 2.05) is 12.1 Å². The first-order chi connectivity index (χ1) is 14.3. The number of hydrogen-bond donors (Lipinski definition) is 0. The highest BCUT2D eigenvalue weighted by Crippen LogP contribution is 2.31. The van der Waals surface area contributed by atoms with Crippen molar-refractivity contribution in [3.8, 4) is 11.5 Å². The lowest BCUT2D eigenvalue weighted by Gasteiger charge is -2.30. The molecule has 2 aliphatic rings. The predicted octanol–water partition coefficient (Wildman–Crippen LogP) is 1.10. The van der Waals surface area contributed by atoms with E-state index in [9.17, 15) is 13.2 Å². The Morgan fingerprint density at radius 1 is 1.10 bits per heavy atom. The highest BCUT2D eigenvalue weighted by Gasteiger charge is 2.35. The van der Waals surface area contributed by atoms with Crippen LogP contribution in [-0.4, -0.2) is 72.2 Å². The topological polar surface area (TPSA) is 94.0 Å². The molecule has 3 heterocycles. The van der Waals surface area contributed by atoms with E-state index in [-0.39, 0.29) is 24.0 Å². The number of hydrogen-bond acceptors (Lipinski definition) is 6. The van der Waals surface area contributed by atoms with Crippen molar-refractivity contribution in [1.29, 1.82) is 0 Å². The fourth-order valence-electron chi connectivity index (χ4n) is 3.96. The van der Waals surface area contributed by atoms with Gasteiger partial charge in [0.2, 0.25) is 16.1 Å². The number of sulfonamides is 1. The monoisotopic (exact) mass is 434 g/mol. The van der Waals surface area contributed by atoms with Crippen molar-refractivity contribution in [1.82, 2.24) is 19.0 Å². The molecule has 0 spiro atoms. The van der Waals surface area contributed by atoms with Crippen LogP contribution in [0.25, 0.3) is 0 Å². The maximum Gasteiger partial charge on any atom is 0.267 e. The minimum atomic E-state index is -3.68. The number of para-hydroxylation sites is 2. The van der Waals surface area contributed by atoms with Gasteiger partial charge in [0.15, 0.2) is 11.5 Å². The maximum absolute atomic E-state index is 13.2. The third kappa shape index (κ3) is 3.65. The van der Waals surface area contributed by atoms with Gasteiger partial charge in [-0.05, 0) is 32.4 Å². The Hall–Kier alpha value is -2.59. The number of ether oxygens (including phenoxy) is 2. The molecule has 2 aromatic rings. The Kier molecular flexibility index (Phi) is 5.46. The van der Waals surface area contributed by atoms with Crippen molar-refractivity contribution in [3.63, 3.8) is 0 Å². The molecule has 1 amide bonds. The molecule has 1 saturated heterocycles. The second-order valence-electron chi connectivity index (χ2n) is 7.57. The van der Waals surface area contributed by atoms with Gasteiger partial charge in [0.25, 0.3) is 5.91 Å². The summed E-state index contributed by atoms with van der Waals surface area (Å²) in [5.74, 6) is 0.984. The molecule has 1 aromatic heterocycles. The molecule has 0 bridgehead atoms. The van der Waals surface area contributed by atoms with E-state index < -0.39 is 16.1 Å². The van der Waals surface area contributed by atoms with Gasteiger partial charge in [0, 0.05) is 33.2 Å². The summed E-state index contributed by atoms with van der Waals surface area (Å²) in [6, 6.07) is 7.24. The molecule has 4 rings (SSSR count). The molecule has 2 aliphatic heterocycles. The second kappa shape index (κ2) is 7.92. The fraction of sp³-hybridized carbons (Fsp3) is 0.500. The molecule has 10 heteroatoms. The Morgan fingerprint density at radius 2 is 1.83 bits per heavy atom. The number of amides is 1. The molecule has 9 nitrogen and oxygen atoms in total.